The maximum Gasteiger partial charge on any atom is 0.339 e. The van der Waals surface area contributed by atoms with Crippen molar-refractivity contribution in [3.63, 3.8) is 0 Å². The van der Waals surface area contributed by atoms with Crippen molar-refractivity contribution in [2.24, 2.45) is 23.7 Å². The Kier molecular flexibility index (Phi) is 7.78. The molecule has 2 bridgehead atoms. The first-order chi connectivity index (χ1) is 21.7. The fourth-order valence-electron chi connectivity index (χ4n) is 7.29. The second-order valence-electron chi connectivity index (χ2n) is 11.9. The summed E-state index contributed by atoms with van der Waals surface area (Å²) >= 11 is 9.41. The maximum absolute atomic E-state index is 13.7. The lowest BCUT2D eigenvalue weighted by molar-refractivity contribution is -0.123. The van der Waals surface area contributed by atoms with E-state index in [1.54, 1.807) is 48.5 Å². The summed E-state index contributed by atoms with van der Waals surface area (Å²) in [4.78, 5) is 59.6. The van der Waals surface area contributed by atoms with Gasteiger partial charge in [-0.05, 0) is 91.8 Å². The molecule has 5 atom stereocenters. The van der Waals surface area contributed by atoms with E-state index >= 15 is 0 Å². The largest absolute Gasteiger partial charge is 0.450 e. The van der Waals surface area contributed by atoms with Crippen LogP contribution in [0.5, 0.6) is 0 Å². The summed E-state index contributed by atoms with van der Waals surface area (Å²) in [6.07, 6.45) is 1.89. The van der Waals surface area contributed by atoms with Gasteiger partial charge in [-0.1, -0.05) is 28.1 Å². The van der Waals surface area contributed by atoms with Crippen molar-refractivity contribution in [1.29, 1.82) is 0 Å². The summed E-state index contributed by atoms with van der Waals surface area (Å²) in [5, 5.41) is 0.517. The van der Waals surface area contributed by atoms with E-state index in [4.69, 9.17) is 21.3 Å². The Morgan fingerprint density at radius 3 is 2.27 bits per heavy atom. The van der Waals surface area contributed by atoms with Gasteiger partial charge in [0.2, 0.25) is 17.6 Å². The van der Waals surface area contributed by atoms with Crippen molar-refractivity contribution in [3.8, 4) is 11.3 Å². The summed E-state index contributed by atoms with van der Waals surface area (Å²) in [6.45, 7) is 0. The highest BCUT2D eigenvalue weighted by Crippen LogP contribution is 2.56. The topological polar surface area (TPSA) is 93.6 Å². The highest BCUT2D eigenvalue weighted by atomic mass is 79.9. The standard InChI is InChI=1S/C35H27BrClFN2O5/c36-22-7-12-27-25(16-22)26(35(44)45-29(13-14-37)32(41)19-3-8-23(38)9-4-19)17-28(39-27)18-5-10-24(11-6-18)40-33(42)30-20-1-2-21(15-20)31(30)34(40)43/h3-12,16-17,20-21,29-31H,1-2,13-15H2/t20-,21+,29-,30-,31-/m0/s1. The van der Waals surface area contributed by atoms with E-state index in [0.717, 1.165) is 23.7 Å². The Morgan fingerprint density at radius 1 is 0.956 bits per heavy atom. The van der Waals surface area contributed by atoms with Gasteiger partial charge in [-0.2, -0.15) is 0 Å². The van der Waals surface area contributed by atoms with Gasteiger partial charge < -0.3 is 4.74 Å². The van der Waals surface area contributed by atoms with E-state index in [1.807, 2.05) is 0 Å². The highest BCUT2D eigenvalue weighted by molar-refractivity contribution is 9.10. The molecule has 2 saturated carbocycles. The van der Waals surface area contributed by atoms with Gasteiger partial charge in [-0.3, -0.25) is 19.3 Å². The minimum atomic E-state index is -1.18. The number of nitrogens with zero attached hydrogens (tertiary/aromatic N) is 2. The van der Waals surface area contributed by atoms with Gasteiger partial charge >= 0.3 is 5.97 Å². The number of anilines is 1. The Balaban J connectivity index is 1.19. The van der Waals surface area contributed by atoms with Crippen molar-refractivity contribution in [2.45, 2.75) is 31.8 Å². The number of hydrogen-bond acceptors (Lipinski definition) is 6. The van der Waals surface area contributed by atoms with Crippen molar-refractivity contribution in [2.75, 3.05) is 10.8 Å². The Labute approximate surface area is 271 Å². The van der Waals surface area contributed by atoms with Crippen LogP contribution in [0.15, 0.2) is 77.3 Å². The normalized spacial score (nSPS) is 22.6. The molecule has 7 nitrogen and oxygen atoms in total. The number of imide groups is 1. The van der Waals surface area contributed by atoms with Crippen LogP contribution in [0.2, 0.25) is 0 Å². The number of carbonyl (C=O) groups excluding carboxylic acids is 4. The zero-order valence-electron chi connectivity index (χ0n) is 23.9. The van der Waals surface area contributed by atoms with Gasteiger partial charge in [-0.25, -0.2) is 14.2 Å². The molecule has 0 N–H and O–H groups in total. The monoisotopic (exact) mass is 688 g/mol. The molecule has 45 heavy (non-hydrogen) atoms. The fraction of sp³-hybridized carbons (Fsp3) is 0.286. The molecular weight excluding hydrogens is 663 g/mol. The Hall–Kier alpha value is -3.95. The zero-order chi connectivity index (χ0) is 31.4. The molecule has 0 spiro atoms. The molecule has 1 aromatic heterocycles. The van der Waals surface area contributed by atoms with Crippen molar-refractivity contribution in [3.05, 3.63) is 94.2 Å². The number of fused-ring (bicyclic) bond motifs is 6. The van der Waals surface area contributed by atoms with Gasteiger partial charge in [0.15, 0.2) is 6.10 Å². The summed E-state index contributed by atoms with van der Waals surface area (Å²) in [5.74, 6) is -1.66. The minimum Gasteiger partial charge on any atom is -0.450 e. The molecule has 7 rings (SSSR count). The van der Waals surface area contributed by atoms with Crippen LogP contribution in [-0.4, -0.2) is 40.5 Å². The number of ether oxygens (including phenoxy) is 1. The quantitative estimate of drug-likeness (QED) is 0.0830. The number of aromatic nitrogens is 1. The lowest BCUT2D eigenvalue weighted by atomic mass is 9.81. The van der Waals surface area contributed by atoms with Crippen LogP contribution < -0.4 is 4.90 Å². The van der Waals surface area contributed by atoms with Crippen LogP contribution in [0.1, 0.15) is 46.4 Å². The molecule has 2 amide bonds. The fourth-order valence-corrected chi connectivity index (χ4v) is 7.85. The molecule has 4 aromatic rings. The number of carbonyl (C=O) groups is 4. The molecular formula is C35H27BrClFN2O5. The van der Waals surface area contributed by atoms with E-state index in [9.17, 15) is 23.6 Å². The van der Waals surface area contributed by atoms with Crippen LogP contribution in [0.25, 0.3) is 22.2 Å². The predicted molar refractivity (Wildman–Crippen MR) is 170 cm³/mol. The van der Waals surface area contributed by atoms with Crippen molar-refractivity contribution in [1.82, 2.24) is 4.98 Å². The zero-order valence-corrected chi connectivity index (χ0v) is 26.3. The summed E-state index contributed by atoms with van der Waals surface area (Å²) in [6, 6.07) is 19.0. The molecule has 2 aliphatic carbocycles. The van der Waals surface area contributed by atoms with E-state index in [1.165, 1.54) is 29.2 Å². The SMILES string of the molecule is O=C(O[C@@H](CCCl)C(=O)c1ccc(F)cc1)c1cc(-c2ccc(N3C(=O)[C@H]4[C@@H]5CC[C@@H](C5)[C@@H]4C3=O)cc2)nc2ccc(Br)cc12. The van der Waals surface area contributed by atoms with Crippen LogP contribution in [0.3, 0.4) is 0 Å². The third-order valence-corrected chi connectivity index (χ3v) is 10.1. The molecule has 0 unspecified atom stereocenters. The van der Waals surface area contributed by atoms with Crippen LogP contribution in [-0.2, 0) is 14.3 Å². The minimum absolute atomic E-state index is 0.0654. The molecule has 2 heterocycles. The first-order valence-electron chi connectivity index (χ1n) is 14.9. The molecule has 10 heteroatoms. The number of pyridine rings is 1. The predicted octanol–water partition coefficient (Wildman–Crippen LogP) is 7.38. The van der Waals surface area contributed by atoms with Gasteiger partial charge in [-0.15, -0.1) is 11.6 Å². The molecule has 3 fully saturated rings. The average Bonchev–Trinajstić information content (AvgIpc) is 3.73. The van der Waals surface area contributed by atoms with E-state index in [2.05, 4.69) is 15.9 Å². The van der Waals surface area contributed by atoms with Gasteiger partial charge in [0.05, 0.1) is 34.3 Å². The van der Waals surface area contributed by atoms with E-state index in [-0.39, 0.29) is 47.1 Å². The van der Waals surface area contributed by atoms with Gasteiger partial charge in [0.1, 0.15) is 5.82 Å². The number of esters is 1. The van der Waals surface area contributed by atoms with E-state index in [0.29, 0.717) is 39.7 Å². The number of Topliss-reactive ketones (excluding diaryl/α,β-unsaturated/α-hetero) is 1. The molecule has 228 valence electrons. The highest BCUT2D eigenvalue weighted by Gasteiger charge is 2.61. The first kappa shape index (κ1) is 29.7. The lowest BCUT2D eigenvalue weighted by Gasteiger charge is -2.19. The summed E-state index contributed by atoms with van der Waals surface area (Å²) in [5.41, 5.74) is 2.58. The third kappa shape index (κ3) is 5.25. The number of rotatable bonds is 8. The third-order valence-electron chi connectivity index (χ3n) is 9.38. The molecule has 1 saturated heterocycles. The molecule has 3 aromatic carbocycles. The number of hydrogen-bond donors (Lipinski definition) is 0. The van der Waals surface area contributed by atoms with Gasteiger partial charge in [0, 0.05) is 33.3 Å². The number of benzene rings is 3. The van der Waals surface area contributed by atoms with Crippen LogP contribution in [0.4, 0.5) is 10.1 Å². The van der Waals surface area contributed by atoms with Crippen LogP contribution >= 0.6 is 27.5 Å². The number of alkyl halides is 1. The van der Waals surface area contributed by atoms with Crippen molar-refractivity contribution >= 4 is 67.7 Å². The second-order valence-corrected chi connectivity index (χ2v) is 13.2. The summed E-state index contributed by atoms with van der Waals surface area (Å²) < 4.78 is 19.9. The van der Waals surface area contributed by atoms with E-state index < -0.39 is 23.7 Å². The van der Waals surface area contributed by atoms with Gasteiger partial charge in [0.25, 0.3) is 0 Å². The molecule has 3 aliphatic rings. The molecule has 0 radical (unpaired) electrons. The average molecular weight is 690 g/mol. The molecule has 1 aliphatic heterocycles. The second kappa shape index (κ2) is 11.8. The smallest absolute Gasteiger partial charge is 0.339 e. The number of amides is 2. The lowest BCUT2D eigenvalue weighted by Crippen LogP contribution is -2.32. The summed E-state index contributed by atoms with van der Waals surface area (Å²) in [7, 11) is 0. The van der Waals surface area contributed by atoms with Crippen LogP contribution in [0, 0.1) is 29.5 Å². The first-order valence-corrected chi connectivity index (χ1v) is 16.2. The van der Waals surface area contributed by atoms with Crippen molar-refractivity contribution < 1.29 is 28.3 Å². The Bertz CT molecular complexity index is 1840. The maximum atomic E-state index is 13.7. The Morgan fingerprint density at radius 2 is 1.62 bits per heavy atom. The number of halogens is 3. The number of ketones is 1.